The van der Waals surface area contributed by atoms with Gasteiger partial charge in [-0.05, 0) is 38.2 Å². The maximum absolute atomic E-state index is 11.9. The number of benzene rings is 1. The molecule has 2 amide bonds. The Morgan fingerprint density at radius 1 is 1.30 bits per heavy atom. The zero-order valence-electron chi connectivity index (χ0n) is 11.8. The first-order valence-electron chi connectivity index (χ1n) is 6.77. The number of amides is 2. The molecule has 1 saturated carbocycles. The molecule has 5 nitrogen and oxygen atoms in total. The monoisotopic (exact) mass is 276 g/mol. The minimum absolute atomic E-state index is 0.0325. The maximum Gasteiger partial charge on any atom is 0.329 e. The van der Waals surface area contributed by atoms with E-state index in [1.165, 1.54) is 0 Å². The Kier molecular flexibility index (Phi) is 3.97. The number of carbonyl (C=O) groups is 2. The number of hydrogen-bond donors (Lipinski definition) is 3. The van der Waals surface area contributed by atoms with Gasteiger partial charge in [0.15, 0.2) is 0 Å². The quantitative estimate of drug-likeness (QED) is 0.770. The summed E-state index contributed by atoms with van der Waals surface area (Å²) in [5, 5.41) is 14.6. The molecule has 1 aromatic carbocycles. The summed E-state index contributed by atoms with van der Waals surface area (Å²) in [7, 11) is 0. The topological polar surface area (TPSA) is 78.4 Å². The highest BCUT2D eigenvalue weighted by Gasteiger charge is 2.48. The first-order valence-corrected chi connectivity index (χ1v) is 6.77. The fourth-order valence-corrected chi connectivity index (χ4v) is 2.16. The summed E-state index contributed by atoms with van der Waals surface area (Å²) < 4.78 is 0. The molecule has 1 aromatic rings. The smallest absolute Gasteiger partial charge is 0.329 e. The summed E-state index contributed by atoms with van der Waals surface area (Å²) in [5.74, 6) is -0.949. The van der Waals surface area contributed by atoms with E-state index >= 15 is 0 Å². The molecule has 0 bridgehead atoms. The lowest BCUT2D eigenvalue weighted by Crippen LogP contribution is -2.56. The molecule has 1 fully saturated rings. The van der Waals surface area contributed by atoms with Crippen molar-refractivity contribution >= 4 is 12.0 Å². The van der Waals surface area contributed by atoms with Crippen LogP contribution in [0.1, 0.15) is 30.9 Å². The zero-order valence-corrected chi connectivity index (χ0v) is 11.8. The van der Waals surface area contributed by atoms with Crippen LogP contribution in [0.25, 0.3) is 0 Å². The van der Waals surface area contributed by atoms with E-state index in [0.717, 1.165) is 24.0 Å². The second kappa shape index (κ2) is 5.53. The third-order valence-corrected chi connectivity index (χ3v) is 3.78. The third kappa shape index (κ3) is 3.29. The molecule has 20 heavy (non-hydrogen) atoms. The molecule has 0 spiro atoms. The number of aliphatic carboxylic acids is 1. The van der Waals surface area contributed by atoms with Crippen LogP contribution in [0.4, 0.5) is 4.79 Å². The first-order chi connectivity index (χ1) is 9.41. The van der Waals surface area contributed by atoms with Crippen LogP contribution in [0.2, 0.25) is 0 Å². The molecule has 0 aromatic heterocycles. The van der Waals surface area contributed by atoms with Gasteiger partial charge in [-0.15, -0.1) is 0 Å². The van der Waals surface area contributed by atoms with Crippen molar-refractivity contribution in [1.82, 2.24) is 10.6 Å². The van der Waals surface area contributed by atoms with E-state index in [2.05, 4.69) is 10.6 Å². The highest BCUT2D eigenvalue weighted by atomic mass is 16.4. The van der Waals surface area contributed by atoms with Gasteiger partial charge < -0.3 is 15.7 Å². The molecule has 108 valence electrons. The number of rotatable bonds is 5. The molecule has 1 aliphatic rings. The Morgan fingerprint density at radius 3 is 2.40 bits per heavy atom. The Balaban J connectivity index is 1.88. The molecule has 1 atom stereocenters. The first kappa shape index (κ1) is 14.4. The molecule has 0 heterocycles. The normalized spacial score (nSPS) is 17.1. The number of carboxylic acid groups (broad SMARTS) is 1. The number of carboxylic acids is 1. The van der Waals surface area contributed by atoms with Gasteiger partial charge in [0.1, 0.15) is 5.54 Å². The van der Waals surface area contributed by atoms with Crippen LogP contribution < -0.4 is 10.6 Å². The standard InChI is InChI=1S/C15H20N2O3/c1-10-3-5-11(6-4-10)9-16-14(20)17-15(2,13(18)19)12-7-8-12/h3-6,12H,7-9H2,1-2H3,(H,18,19)(H2,16,17,20). The Morgan fingerprint density at radius 2 is 1.90 bits per heavy atom. The number of nitrogens with one attached hydrogen (secondary N) is 2. The van der Waals surface area contributed by atoms with Crippen LogP contribution in [0.5, 0.6) is 0 Å². The van der Waals surface area contributed by atoms with Crippen LogP contribution in [0.3, 0.4) is 0 Å². The lowest BCUT2D eigenvalue weighted by Gasteiger charge is -2.26. The second-order valence-electron chi connectivity index (χ2n) is 5.58. The number of aryl methyl sites for hydroxylation is 1. The second-order valence-corrected chi connectivity index (χ2v) is 5.58. The highest BCUT2D eigenvalue weighted by Crippen LogP contribution is 2.39. The van der Waals surface area contributed by atoms with Crippen LogP contribution >= 0.6 is 0 Å². The number of urea groups is 1. The Hall–Kier alpha value is -2.04. The molecule has 0 radical (unpaired) electrons. The molecular formula is C15H20N2O3. The summed E-state index contributed by atoms with van der Waals surface area (Å²) >= 11 is 0. The molecule has 5 heteroatoms. The van der Waals surface area contributed by atoms with Crippen LogP contribution in [0, 0.1) is 12.8 Å². The molecule has 1 unspecified atom stereocenters. The van der Waals surface area contributed by atoms with Crippen molar-refractivity contribution in [2.75, 3.05) is 0 Å². The molecular weight excluding hydrogens is 256 g/mol. The van der Waals surface area contributed by atoms with Gasteiger partial charge in [-0.1, -0.05) is 29.8 Å². The zero-order chi connectivity index (χ0) is 14.8. The summed E-state index contributed by atoms with van der Waals surface area (Å²) in [4.78, 5) is 23.2. The van der Waals surface area contributed by atoms with Crippen molar-refractivity contribution < 1.29 is 14.7 Å². The third-order valence-electron chi connectivity index (χ3n) is 3.78. The van der Waals surface area contributed by atoms with Gasteiger partial charge in [-0.2, -0.15) is 0 Å². The lowest BCUT2D eigenvalue weighted by atomic mass is 9.96. The Labute approximate surface area is 118 Å². The largest absolute Gasteiger partial charge is 0.480 e. The van der Waals surface area contributed by atoms with E-state index < -0.39 is 17.5 Å². The van der Waals surface area contributed by atoms with Gasteiger partial charge in [-0.25, -0.2) is 9.59 Å². The van der Waals surface area contributed by atoms with Crippen molar-refractivity contribution in [1.29, 1.82) is 0 Å². The number of carbonyl (C=O) groups excluding carboxylic acids is 1. The highest BCUT2D eigenvalue weighted by molar-refractivity contribution is 5.86. The average Bonchev–Trinajstić information content (AvgIpc) is 3.22. The van der Waals surface area contributed by atoms with Crippen molar-refractivity contribution in [3.63, 3.8) is 0 Å². The SMILES string of the molecule is Cc1ccc(CNC(=O)NC(C)(C(=O)O)C2CC2)cc1. The summed E-state index contributed by atoms with van der Waals surface area (Å²) in [5.41, 5.74) is 0.969. The van der Waals surface area contributed by atoms with Crippen LogP contribution in [0.15, 0.2) is 24.3 Å². The average molecular weight is 276 g/mol. The van der Waals surface area contributed by atoms with Gasteiger partial charge in [0.05, 0.1) is 0 Å². The molecule has 3 N–H and O–H groups in total. The molecule has 2 rings (SSSR count). The van der Waals surface area contributed by atoms with Gasteiger partial charge in [0, 0.05) is 6.54 Å². The molecule has 1 aliphatic carbocycles. The van der Waals surface area contributed by atoms with Crippen molar-refractivity contribution in [3.05, 3.63) is 35.4 Å². The fraction of sp³-hybridized carbons (Fsp3) is 0.467. The van der Waals surface area contributed by atoms with Gasteiger partial charge in [-0.3, -0.25) is 0 Å². The van der Waals surface area contributed by atoms with E-state index in [1.807, 2.05) is 31.2 Å². The predicted octanol–water partition coefficient (Wildman–Crippen LogP) is 2.05. The number of hydrogen-bond acceptors (Lipinski definition) is 2. The summed E-state index contributed by atoms with van der Waals surface area (Å²) in [6, 6.07) is 7.38. The maximum atomic E-state index is 11.9. The van der Waals surface area contributed by atoms with E-state index in [1.54, 1.807) is 6.92 Å². The summed E-state index contributed by atoms with van der Waals surface area (Å²) in [6.45, 7) is 3.95. The predicted molar refractivity (Wildman–Crippen MR) is 75.3 cm³/mol. The van der Waals surface area contributed by atoms with E-state index in [-0.39, 0.29) is 5.92 Å². The Bertz CT molecular complexity index is 508. The van der Waals surface area contributed by atoms with E-state index in [9.17, 15) is 14.7 Å². The molecule has 0 saturated heterocycles. The van der Waals surface area contributed by atoms with Crippen LogP contribution in [-0.2, 0) is 11.3 Å². The minimum atomic E-state index is -1.17. The summed E-state index contributed by atoms with van der Waals surface area (Å²) in [6.07, 6.45) is 1.70. The molecule has 0 aliphatic heterocycles. The lowest BCUT2D eigenvalue weighted by molar-refractivity contribution is -0.144. The van der Waals surface area contributed by atoms with Crippen molar-refractivity contribution in [3.8, 4) is 0 Å². The van der Waals surface area contributed by atoms with E-state index in [4.69, 9.17) is 0 Å². The van der Waals surface area contributed by atoms with Gasteiger partial charge in [0.25, 0.3) is 0 Å². The fourth-order valence-electron chi connectivity index (χ4n) is 2.16. The van der Waals surface area contributed by atoms with Crippen molar-refractivity contribution in [2.24, 2.45) is 5.92 Å². The van der Waals surface area contributed by atoms with Crippen LogP contribution in [-0.4, -0.2) is 22.6 Å². The minimum Gasteiger partial charge on any atom is -0.480 e. The van der Waals surface area contributed by atoms with Gasteiger partial charge >= 0.3 is 12.0 Å². The van der Waals surface area contributed by atoms with Gasteiger partial charge in [0.2, 0.25) is 0 Å². The van der Waals surface area contributed by atoms with Crippen molar-refractivity contribution in [2.45, 2.75) is 38.8 Å². The van der Waals surface area contributed by atoms with E-state index in [0.29, 0.717) is 6.54 Å².